The first-order chi connectivity index (χ1) is 6.33. The molecule has 0 atom stereocenters. The summed E-state index contributed by atoms with van der Waals surface area (Å²) in [5, 5.41) is 3.25. The second-order valence-corrected chi connectivity index (χ2v) is 3.32. The number of hydrogen-bond acceptors (Lipinski definition) is 4. The number of rotatable bonds is 4. The molecule has 0 saturated carbocycles. The fourth-order valence-electron chi connectivity index (χ4n) is 1.51. The molecule has 1 rings (SSSR count). The Kier molecular flexibility index (Phi) is 4.78. The lowest BCUT2D eigenvalue weighted by atomic mass is 9.95. The predicted molar refractivity (Wildman–Crippen MR) is 48.2 cm³/mol. The number of hydrogen-bond donors (Lipinski definition) is 1. The lowest BCUT2D eigenvalue weighted by Crippen LogP contribution is -2.29. The number of carbonyl (C=O) groups excluding carboxylic acids is 1. The Bertz CT molecular complexity index is 155. The predicted octanol–water partition coefficient (Wildman–Crippen LogP) is 0.523. The summed E-state index contributed by atoms with van der Waals surface area (Å²) in [6.07, 6.45) is 2.68. The molecule has 0 amide bonds. The van der Waals surface area contributed by atoms with Gasteiger partial charge in [-0.1, -0.05) is 0 Å². The van der Waals surface area contributed by atoms with E-state index in [0.717, 1.165) is 25.9 Å². The van der Waals surface area contributed by atoms with E-state index in [4.69, 9.17) is 4.74 Å². The summed E-state index contributed by atoms with van der Waals surface area (Å²) in [6.45, 7) is 2.11. The summed E-state index contributed by atoms with van der Waals surface area (Å²) in [6, 6.07) is 0. The Morgan fingerprint density at radius 1 is 1.46 bits per heavy atom. The summed E-state index contributed by atoms with van der Waals surface area (Å²) in [4.78, 5) is 11.1. The minimum Gasteiger partial charge on any atom is -0.438 e. The molecule has 0 radical (unpaired) electrons. The number of nitrogens with one attached hydrogen (secondary N) is 1. The topological polar surface area (TPSA) is 47.6 Å². The van der Waals surface area contributed by atoms with E-state index in [-0.39, 0.29) is 12.8 Å². The molecule has 1 aliphatic rings. The number of piperidine rings is 1. The van der Waals surface area contributed by atoms with Crippen LogP contribution in [0, 0.1) is 5.92 Å². The van der Waals surface area contributed by atoms with Gasteiger partial charge >= 0.3 is 5.97 Å². The summed E-state index contributed by atoms with van der Waals surface area (Å²) in [5.41, 5.74) is 0. The number of carbonyl (C=O) groups is 1. The van der Waals surface area contributed by atoms with Gasteiger partial charge in [-0.2, -0.15) is 0 Å². The van der Waals surface area contributed by atoms with Crippen molar-refractivity contribution in [2.45, 2.75) is 19.3 Å². The largest absolute Gasteiger partial charge is 0.438 e. The standard InChI is InChI=1S/C9H17NO3/c1-12-7-13-9(11)6-8-2-4-10-5-3-8/h8,10H,2-7H2,1H3. The molecule has 13 heavy (non-hydrogen) atoms. The first-order valence-corrected chi connectivity index (χ1v) is 4.68. The van der Waals surface area contributed by atoms with Crippen molar-refractivity contribution in [3.05, 3.63) is 0 Å². The van der Waals surface area contributed by atoms with Crippen molar-refractivity contribution in [1.82, 2.24) is 5.32 Å². The van der Waals surface area contributed by atoms with Crippen molar-refractivity contribution in [1.29, 1.82) is 0 Å². The highest BCUT2D eigenvalue weighted by Crippen LogP contribution is 2.16. The minimum atomic E-state index is -0.145. The molecule has 4 nitrogen and oxygen atoms in total. The van der Waals surface area contributed by atoms with Gasteiger partial charge in [-0.25, -0.2) is 0 Å². The second kappa shape index (κ2) is 5.94. The quantitative estimate of drug-likeness (QED) is 0.515. The van der Waals surface area contributed by atoms with E-state index >= 15 is 0 Å². The van der Waals surface area contributed by atoms with Crippen molar-refractivity contribution < 1.29 is 14.3 Å². The molecule has 4 heteroatoms. The van der Waals surface area contributed by atoms with Gasteiger partial charge in [-0.15, -0.1) is 0 Å². The summed E-state index contributed by atoms with van der Waals surface area (Å²) < 4.78 is 9.46. The molecule has 0 bridgehead atoms. The maximum absolute atomic E-state index is 11.1. The van der Waals surface area contributed by atoms with Crippen LogP contribution in [0.3, 0.4) is 0 Å². The second-order valence-electron chi connectivity index (χ2n) is 3.32. The lowest BCUT2D eigenvalue weighted by Gasteiger charge is -2.21. The van der Waals surface area contributed by atoms with Gasteiger partial charge in [0.2, 0.25) is 0 Å². The molecule has 76 valence electrons. The number of esters is 1. The van der Waals surface area contributed by atoms with Crippen LogP contribution in [0.5, 0.6) is 0 Å². The Morgan fingerprint density at radius 2 is 2.15 bits per heavy atom. The summed E-state index contributed by atoms with van der Waals surface area (Å²) in [5.74, 6) is 0.347. The van der Waals surface area contributed by atoms with E-state index in [1.54, 1.807) is 0 Å². The van der Waals surface area contributed by atoms with Gasteiger partial charge in [0.1, 0.15) is 0 Å². The lowest BCUT2D eigenvalue weighted by molar-refractivity contribution is -0.155. The minimum absolute atomic E-state index is 0.0732. The molecule has 0 aromatic rings. The highest BCUT2D eigenvalue weighted by molar-refractivity contribution is 5.69. The Balaban J connectivity index is 2.11. The average Bonchev–Trinajstić information content (AvgIpc) is 2.16. The van der Waals surface area contributed by atoms with E-state index in [1.807, 2.05) is 0 Å². The molecule has 1 aliphatic heterocycles. The van der Waals surface area contributed by atoms with Crippen LogP contribution in [0.1, 0.15) is 19.3 Å². The van der Waals surface area contributed by atoms with Crippen LogP contribution in [0.25, 0.3) is 0 Å². The zero-order valence-corrected chi connectivity index (χ0v) is 8.04. The normalized spacial score (nSPS) is 18.5. The third-order valence-corrected chi connectivity index (χ3v) is 2.25. The van der Waals surface area contributed by atoms with Gasteiger partial charge in [-0.3, -0.25) is 4.79 Å². The van der Waals surface area contributed by atoms with E-state index in [0.29, 0.717) is 12.3 Å². The van der Waals surface area contributed by atoms with Crippen LogP contribution in [0.2, 0.25) is 0 Å². The average molecular weight is 187 g/mol. The zero-order chi connectivity index (χ0) is 9.52. The summed E-state index contributed by atoms with van der Waals surface area (Å²) >= 11 is 0. The fraction of sp³-hybridized carbons (Fsp3) is 0.889. The van der Waals surface area contributed by atoms with Gasteiger partial charge < -0.3 is 14.8 Å². The zero-order valence-electron chi connectivity index (χ0n) is 8.04. The Hall–Kier alpha value is -0.610. The van der Waals surface area contributed by atoms with Crippen molar-refractivity contribution in [3.8, 4) is 0 Å². The van der Waals surface area contributed by atoms with E-state index in [9.17, 15) is 4.79 Å². The van der Waals surface area contributed by atoms with Gasteiger partial charge in [-0.05, 0) is 31.8 Å². The highest BCUT2D eigenvalue weighted by atomic mass is 16.7. The van der Waals surface area contributed by atoms with Crippen LogP contribution in [0.4, 0.5) is 0 Å². The smallest absolute Gasteiger partial charge is 0.308 e. The van der Waals surface area contributed by atoms with E-state index in [2.05, 4.69) is 10.1 Å². The molecule has 1 fully saturated rings. The first kappa shape index (κ1) is 10.5. The molecule has 1 saturated heterocycles. The van der Waals surface area contributed by atoms with Crippen LogP contribution >= 0.6 is 0 Å². The maximum Gasteiger partial charge on any atom is 0.308 e. The van der Waals surface area contributed by atoms with Gasteiger partial charge in [0.15, 0.2) is 6.79 Å². The van der Waals surface area contributed by atoms with Crippen molar-refractivity contribution >= 4 is 5.97 Å². The number of ether oxygens (including phenoxy) is 2. The molecule has 0 unspecified atom stereocenters. The molecular formula is C9H17NO3. The molecular weight excluding hydrogens is 170 g/mol. The monoisotopic (exact) mass is 187 g/mol. The molecule has 1 heterocycles. The van der Waals surface area contributed by atoms with Gasteiger partial charge in [0.25, 0.3) is 0 Å². The van der Waals surface area contributed by atoms with Crippen LogP contribution in [-0.2, 0) is 14.3 Å². The summed E-state index contributed by atoms with van der Waals surface area (Å²) in [7, 11) is 1.51. The molecule has 1 N–H and O–H groups in total. The molecule has 0 spiro atoms. The van der Waals surface area contributed by atoms with Crippen LogP contribution in [0.15, 0.2) is 0 Å². The Morgan fingerprint density at radius 3 is 2.77 bits per heavy atom. The maximum atomic E-state index is 11.1. The molecule has 0 aromatic heterocycles. The molecule has 0 aliphatic carbocycles. The van der Waals surface area contributed by atoms with E-state index < -0.39 is 0 Å². The van der Waals surface area contributed by atoms with Crippen LogP contribution in [-0.4, -0.2) is 33.0 Å². The molecule has 0 aromatic carbocycles. The number of methoxy groups -OCH3 is 1. The third kappa shape index (κ3) is 4.24. The van der Waals surface area contributed by atoms with Crippen molar-refractivity contribution in [3.63, 3.8) is 0 Å². The van der Waals surface area contributed by atoms with Crippen LogP contribution < -0.4 is 5.32 Å². The van der Waals surface area contributed by atoms with Gasteiger partial charge in [0, 0.05) is 13.5 Å². The Labute approximate surface area is 78.6 Å². The third-order valence-electron chi connectivity index (χ3n) is 2.25. The fourth-order valence-corrected chi connectivity index (χ4v) is 1.51. The van der Waals surface area contributed by atoms with Gasteiger partial charge in [0.05, 0.1) is 0 Å². The highest BCUT2D eigenvalue weighted by Gasteiger charge is 2.17. The SMILES string of the molecule is COCOC(=O)CC1CCNCC1. The van der Waals surface area contributed by atoms with Crippen molar-refractivity contribution in [2.24, 2.45) is 5.92 Å². The van der Waals surface area contributed by atoms with Crippen molar-refractivity contribution in [2.75, 3.05) is 27.0 Å². The first-order valence-electron chi connectivity index (χ1n) is 4.68. The van der Waals surface area contributed by atoms with E-state index in [1.165, 1.54) is 7.11 Å².